The Morgan fingerprint density at radius 2 is 0.880 bits per heavy atom. The van der Waals surface area contributed by atoms with E-state index in [9.17, 15) is 19.2 Å². The SMILES string of the molecule is [2H]C([2H])(N1C(=O)c2ccccc2C1=O)C([2H])([2H])C([2H])([2H])N1C(=O)c2ccccc2C1=O. The van der Waals surface area contributed by atoms with Crippen molar-refractivity contribution in [3.63, 3.8) is 0 Å². The van der Waals surface area contributed by atoms with E-state index in [1.807, 2.05) is 0 Å². The lowest BCUT2D eigenvalue weighted by Crippen LogP contribution is -2.35. The van der Waals surface area contributed by atoms with Gasteiger partial charge in [0.2, 0.25) is 0 Å². The summed E-state index contributed by atoms with van der Waals surface area (Å²) in [5.41, 5.74) is -0.635. The fourth-order valence-corrected chi connectivity index (χ4v) is 2.72. The first-order valence-electron chi connectivity index (χ1n) is 10.3. The minimum Gasteiger partial charge on any atom is -0.274 e. The second-order valence-corrected chi connectivity index (χ2v) is 5.33. The first kappa shape index (κ1) is 9.88. The molecule has 2 heterocycles. The van der Waals surface area contributed by atoms with Crippen LogP contribution in [0.2, 0.25) is 0 Å². The lowest BCUT2D eigenvalue weighted by atomic mass is 10.1. The van der Waals surface area contributed by atoms with Crippen LogP contribution in [-0.2, 0) is 0 Å². The topological polar surface area (TPSA) is 74.8 Å². The van der Waals surface area contributed by atoms with Crippen LogP contribution >= 0.6 is 0 Å². The van der Waals surface area contributed by atoms with Gasteiger partial charge in [-0.05, 0) is 30.6 Å². The van der Waals surface area contributed by atoms with Gasteiger partial charge < -0.3 is 0 Å². The van der Waals surface area contributed by atoms with Gasteiger partial charge in [0.25, 0.3) is 23.6 Å². The van der Waals surface area contributed by atoms with E-state index in [1.165, 1.54) is 48.5 Å². The number of rotatable bonds is 4. The van der Waals surface area contributed by atoms with Gasteiger partial charge in [-0.15, -0.1) is 0 Å². The number of imide groups is 2. The van der Waals surface area contributed by atoms with E-state index in [0.717, 1.165) is 0 Å². The van der Waals surface area contributed by atoms with Gasteiger partial charge in [-0.3, -0.25) is 29.0 Å². The Labute approximate surface area is 152 Å². The van der Waals surface area contributed by atoms with Gasteiger partial charge in [0.15, 0.2) is 0 Å². The highest BCUT2D eigenvalue weighted by atomic mass is 16.2. The lowest BCUT2D eigenvalue weighted by Gasteiger charge is -2.17. The Kier molecular flexibility index (Phi) is 2.24. The van der Waals surface area contributed by atoms with E-state index in [0.29, 0.717) is 0 Å². The summed E-state index contributed by atoms with van der Waals surface area (Å²) in [6.07, 6.45) is -3.69. The fraction of sp³-hybridized carbons (Fsp3) is 0.158. The average molecular weight is 340 g/mol. The molecule has 0 N–H and O–H groups in total. The van der Waals surface area contributed by atoms with Crippen LogP contribution in [0.25, 0.3) is 0 Å². The van der Waals surface area contributed by atoms with Crippen molar-refractivity contribution in [2.24, 2.45) is 0 Å². The van der Waals surface area contributed by atoms with Crippen LogP contribution < -0.4 is 0 Å². The molecular formula is C19H14N2O4. The van der Waals surface area contributed by atoms with Crippen LogP contribution in [0.15, 0.2) is 48.5 Å². The number of carbonyl (C=O) groups excluding carboxylic acids is 4. The molecule has 124 valence electrons. The zero-order chi connectivity index (χ0) is 22.9. The monoisotopic (exact) mass is 340 g/mol. The predicted molar refractivity (Wildman–Crippen MR) is 88.2 cm³/mol. The molecule has 6 nitrogen and oxygen atoms in total. The molecule has 0 spiro atoms. The summed E-state index contributed by atoms with van der Waals surface area (Å²) in [5.74, 6) is -4.58. The molecule has 0 atom stereocenters. The van der Waals surface area contributed by atoms with Gasteiger partial charge in [0, 0.05) is 15.7 Å². The number of nitrogens with zero attached hydrogens (tertiary/aromatic N) is 2. The minimum atomic E-state index is -3.69. The second kappa shape index (κ2) is 5.66. The molecule has 0 unspecified atom stereocenters. The van der Waals surface area contributed by atoms with Crippen molar-refractivity contribution in [1.82, 2.24) is 9.80 Å². The smallest absolute Gasteiger partial charge is 0.261 e. The predicted octanol–water partition coefficient (Wildman–Crippen LogP) is 1.97. The molecule has 0 bridgehead atoms. The van der Waals surface area contributed by atoms with Crippen LogP contribution in [-0.4, -0.2) is 46.4 Å². The molecule has 2 aromatic carbocycles. The molecule has 4 amide bonds. The van der Waals surface area contributed by atoms with Crippen LogP contribution in [0.3, 0.4) is 0 Å². The summed E-state index contributed by atoms with van der Waals surface area (Å²) in [5, 5.41) is 0. The number of hydrogen-bond donors (Lipinski definition) is 0. The Hall–Kier alpha value is -3.28. The highest BCUT2D eigenvalue weighted by Gasteiger charge is 2.37. The van der Waals surface area contributed by atoms with Gasteiger partial charge >= 0.3 is 0 Å². The third kappa shape index (κ3) is 2.26. The van der Waals surface area contributed by atoms with Crippen molar-refractivity contribution in [2.75, 3.05) is 13.0 Å². The van der Waals surface area contributed by atoms with Crippen LogP contribution in [0.5, 0.6) is 0 Å². The maximum absolute atomic E-state index is 12.7. The summed E-state index contributed by atoms with van der Waals surface area (Å²) < 4.78 is 49.6. The number of benzene rings is 2. The highest BCUT2D eigenvalue weighted by Crippen LogP contribution is 2.24. The molecule has 0 aliphatic carbocycles. The largest absolute Gasteiger partial charge is 0.274 e. The second-order valence-electron chi connectivity index (χ2n) is 5.33. The Bertz CT molecular complexity index is 1020. The van der Waals surface area contributed by atoms with Gasteiger partial charge in [0.05, 0.1) is 27.7 Å². The molecule has 2 aliphatic heterocycles. The van der Waals surface area contributed by atoms with E-state index in [-0.39, 0.29) is 32.1 Å². The Morgan fingerprint density at radius 3 is 1.16 bits per heavy atom. The third-order valence-corrected chi connectivity index (χ3v) is 3.92. The third-order valence-electron chi connectivity index (χ3n) is 3.92. The zero-order valence-electron chi connectivity index (χ0n) is 18.6. The molecule has 0 fully saturated rings. The van der Waals surface area contributed by atoms with Crippen molar-refractivity contribution in [3.8, 4) is 0 Å². The van der Waals surface area contributed by atoms with Gasteiger partial charge in [-0.1, -0.05) is 24.3 Å². The summed E-state index contributed by atoms with van der Waals surface area (Å²) in [6, 6.07) is 10.8. The molecule has 2 aliphatic rings. The number of hydrogen-bond acceptors (Lipinski definition) is 4. The summed E-state index contributed by atoms with van der Waals surface area (Å²) in [6.45, 7) is -7.11. The lowest BCUT2D eigenvalue weighted by molar-refractivity contribution is 0.0627. The van der Waals surface area contributed by atoms with Gasteiger partial charge in [-0.2, -0.15) is 0 Å². The van der Waals surface area contributed by atoms with Crippen LogP contribution in [0.4, 0.5) is 0 Å². The molecule has 25 heavy (non-hydrogen) atoms. The normalized spacial score (nSPS) is 21.1. The average Bonchev–Trinajstić information content (AvgIpc) is 3.13. The van der Waals surface area contributed by atoms with Crippen LogP contribution in [0, 0.1) is 0 Å². The maximum Gasteiger partial charge on any atom is 0.261 e. The molecule has 0 radical (unpaired) electrons. The van der Waals surface area contributed by atoms with E-state index < -0.39 is 43.0 Å². The van der Waals surface area contributed by atoms with E-state index in [2.05, 4.69) is 0 Å². The first-order chi connectivity index (χ1) is 14.4. The summed E-state index contributed by atoms with van der Waals surface area (Å²) in [4.78, 5) is 50.7. The van der Waals surface area contributed by atoms with Gasteiger partial charge in [-0.25, -0.2) is 0 Å². The van der Waals surface area contributed by atoms with Gasteiger partial charge in [0.1, 0.15) is 0 Å². The van der Waals surface area contributed by atoms with E-state index in [4.69, 9.17) is 8.22 Å². The van der Waals surface area contributed by atoms with Crippen molar-refractivity contribution in [1.29, 1.82) is 0 Å². The number of fused-ring (bicyclic) bond motifs is 2. The molecule has 2 aromatic rings. The molecule has 0 saturated carbocycles. The Morgan fingerprint density at radius 1 is 0.600 bits per heavy atom. The standard InChI is InChI=1S/C19H14N2O4/c22-16-12-6-1-2-7-13(12)17(23)20(16)10-5-11-21-18(24)14-8-3-4-9-15(14)19(21)25/h1-4,6-9H,5,10-11H2/i5D2,10D2,11D2. The van der Waals surface area contributed by atoms with E-state index >= 15 is 0 Å². The first-order valence-corrected chi connectivity index (χ1v) is 7.31. The summed E-state index contributed by atoms with van der Waals surface area (Å²) in [7, 11) is 0. The van der Waals surface area contributed by atoms with Crippen LogP contribution in [0.1, 0.15) is 56.0 Å². The van der Waals surface area contributed by atoms with Crippen molar-refractivity contribution >= 4 is 23.6 Å². The highest BCUT2D eigenvalue weighted by molar-refractivity contribution is 6.22. The molecule has 0 aromatic heterocycles. The molecular weight excluding hydrogens is 320 g/mol. The van der Waals surface area contributed by atoms with Crippen molar-refractivity contribution in [3.05, 3.63) is 70.8 Å². The fourth-order valence-electron chi connectivity index (χ4n) is 2.72. The number of amides is 4. The Balaban J connectivity index is 1.77. The molecule has 0 saturated heterocycles. The quantitative estimate of drug-likeness (QED) is 0.798. The number of carbonyl (C=O) groups is 4. The zero-order valence-corrected chi connectivity index (χ0v) is 12.6. The maximum atomic E-state index is 12.7. The van der Waals surface area contributed by atoms with Crippen molar-refractivity contribution < 1.29 is 27.4 Å². The molecule has 4 rings (SSSR count). The minimum absolute atomic E-state index is 0.00629. The van der Waals surface area contributed by atoms with E-state index in [1.54, 1.807) is 0 Å². The van der Waals surface area contributed by atoms with Crippen molar-refractivity contribution in [2.45, 2.75) is 6.37 Å². The summed E-state index contributed by atoms with van der Waals surface area (Å²) >= 11 is 0. The molecule has 6 heteroatoms.